The van der Waals surface area contributed by atoms with Gasteiger partial charge in [-0.25, -0.2) is 4.79 Å². The molecule has 2 aromatic rings. The van der Waals surface area contributed by atoms with Gasteiger partial charge in [0, 0.05) is 31.0 Å². The Morgan fingerprint density at radius 3 is 2.57 bits per heavy atom. The molecule has 1 aliphatic rings. The van der Waals surface area contributed by atoms with E-state index >= 15 is 0 Å². The minimum Gasteiger partial charge on any atom is -0.508 e. The van der Waals surface area contributed by atoms with Gasteiger partial charge in [-0.3, -0.25) is 9.36 Å². The Balaban J connectivity index is 1.84. The molecule has 2 N–H and O–H groups in total. The van der Waals surface area contributed by atoms with Crippen LogP contribution in [-0.2, 0) is 13.0 Å². The number of nitrogens with zero attached hydrogens (tertiary/aromatic N) is 2. The lowest BCUT2D eigenvalue weighted by Crippen LogP contribution is -2.36. The molecule has 0 fully saturated rings. The first-order chi connectivity index (χ1) is 13.1. The Bertz CT molecular complexity index is 983. The van der Waals surface area contributed by atoms with E-state index in [0.717, 1.165) is 28.8 Å². The van der Waals surface area contributed by atoms with Gasteiger partial charge in [0.1, 0.15) is 5.75 Å². The van der Waals surface area contributed by atoms with Gasteiger partial charge in [0.2, 0.25) is 0 Å². The highest BCUT2D eigenvalue weighted by molar-refractivity contribution is 5.75. The van der Waals surface area contributed by atoms with Gasteiger partial charge in [-0.05, 0) is 47.1 Å². The highest BCUT2D eigenvalue weighted by Gasteiger charge is 2.21. The molecule has 0 saturated carbocycles. The number of pyridine rings is 1. The number of hydrogen-bond acceptors (Lipinski definition) is 3. The third-order valence-electron chi connectivity index (χ3n) is 4.70. The third-order valence-corrected chi connectivity index (χ3v) is 4.70. The maximum absolute atomic E-state index is 12.1. The highest BCUT2D eigenvalue weighted by Crippen LogP contribution is 2.28. The van der Waals surface area contributed by atoms with E-state index in [-0.39, 0.29) is 16.7 Å². The Kier molecular flexibility index (Phi) is 5.31. The van der Waals surface area contributed by atoms with Crippen molar-refractivity contribution < 1.29 is 15.0 Å². The number of benzene rings is 1. The van der Waals surface area contributed by atoms with Crippen molar-refractivity contribution in [3.05, 3.63) is 63.6 Å². The van der Waals surface area contributed by atoms with Crippen LogP contribution in [0.25, 0.3) is 11.8 Å². The summed E-state index contributed by atoms with van der Waals surface area (Å²) in [5.74, 6) is -0.0408. The first kappa shape index (κ1) is 19.7. The number of aryl methyl sites for hydroxylation is 1. The highest BCUT2D eigenvalue weighted by atomic mass is 16.4. The van der Waals surface area contributed by atoms with E-state index in [1.807, 2.05) is 39.0 Å². The van der Waals surface area contributed by atoms with Crippen molar-refractivity contribution in [3.8, 4) is 5.75 Å². The standard InChI is InChI=1S/C22H26N2O4/c1-22(2,3)14-23(21(27)28)13-15-4-5-17-11-18(7-6-16(17)10-15)24-9-8-19(25)12-20(24)26/h4-5,8-12,25H,6-7,13-14H2,1-3H3,(H,27,28). The van der Waals surface area contributed by atoms with Crippen LogP contribution >= 0.6 is 0 Å². The van der Waals surface area contributed by atoms with Gasteiger partial charge in [0.05, 0.1) is 0 Å². The van der Waals surface area contributed by atoms with Crippen LogP contribution in [0.15, 0.2) is 41.3 Å². The molecule has 0 bridgehead atoms. The molecule has 0 aliphatic heterocycles. The predicted molar refractivity (Wildman–Crippen MR) is 109 cm³/mol. The lowest BCUT2D eigenvalue weighted by atomic mass is 9.92. The monoisotopic (exact) mass is 382 g/mol. The molecule has 1 heterocycles. The quantitative estimate of drug-likeness (QED) is 0.836. The number of rotatable bonds is 4. The second kappa shape index (κ2) is 7.54. The maximum Gasteiger partial charge on any atom is 0.407 e. The molecule has 6 nitrogen and oxygen atoms in total. The van der Waals surface area contributed by atoms with Crippen molar-refractivity contribution in [2.24, 2.45) is 5.41 Å². The summed E-state index contributed by atoms with van der Waals surface area (Å²) < 4.78 is 1.55. The maximum atomic E-state index is 12.1. The van der Waals surface area contributed by atoms with Gasteiger partial charge in [-0.2, -0.15) is 0 Å². The second-order valence-corrected chi connectivity index (χ2v) is 8.46. The predicted octanol–water partition coefficient (Wildman–Crippen LogP) is 4.02. The summed E-state index contributed by atoms with van der Waals surface area (Å²) in [6.07, 6.45) is 4.12. The van der Waals surface area contributed by atoms with E-state index < -0.39 is 6.09 Å². The number of carboxylic acid groups (broad SMARTS) is 1. The Labute approximate surface area is 164 Å². The lowest BCUT2D eigenvalue weighted by molar-refractivity contribution is 0.123. The van der Waals surface area contributed by atoms with Crippen molar-refractivity contribution >= 4 is 17.9 Å². The van der Waals surface area contributed by atoms with Crippen molar-refractivity contribution in [1.29, 1.82) is 0 Å². The molecule has 1 aliphatic carbocycles. The van der Waals surface area contributed by atoms with Gasteiger partial charge in [-0.1, -0.05) is 39.0 Å². The van der Waals surface area contributed by atoms with Gasteiger partial charge in [-0.15, -0.1) is 0 Å². The van der Waals surface area contributed by atoms with E-state index in [1.165, 1.54) is 17.0 Å². The van der Waals surface area contributed by atoms with Gasteiger partial charge in [0.25, 0.3) is 5.56 Å². The van der Waals surface area contributed by atoms with Crippen LogP contribution in [0.3, 0.4) is 0 Å². The molecular weight excluding hydrogens is 356 g/mol. The second-order valence-electron chi connectivity index (χ2n) is 8.46. The number of allylic oxidation sites excluding steroid dienone is 1. The number of aromatic nitrogens is 1. The fourth-order valence-electron chi connectivity index (χ4n) is 3.51. The SMILES string of the molecule is CC(C)(C)CN(Cc1ccc2c(c1)CCC(n1ccc(O)cc1=O)=C2)C(=O)O. The fourth-order valence-corrected chi connectivity index (χ4v) is 3.51. The van der Waals surface area contributed by atoms with Crippen LogP contribution in [0.2, 0.25) is 0 Å². The first-order valence-electron chi connectivity index (χ1n) is 9.35. The van der Waals surface area contributed by atoms with Crippen LogP contribution < -0.4 is 5.56 Å². The van der Waals surface area contributed by atoms with Crippen molar-refractivity contribution in [3.63, 3.8) is 0 Å². The largest absolute Gasteiger partial charge is 0.508 e. The molecule has 28 heavy (non-hydrogen) atoms. The average Bonchev–Trinajstić information content (AvgIpc) is 2.59. The summed E-state index contributed by atoms with van der Waals surface area (Å²) in [7, 11) is 0. The number of amides is 1. The molecule has 1 aromatic heterocycles. The number of aromatic hydroxyl groups is 1. The molecule has 1 aromatic carbocycles. The zero-order valence-corrected chi connectivity index (χ0v) is 16.5. The van der Waals surface area contributed by atoms with Crippen molar-refractivity contribution in [2.75, 3.05) is 6.54 Å². The Hall–Kier alpha value is -3.02. The van der Waals surface area contributed by atoms with Crippen molar-refractivity contribution in [1.82, 2.24) is 9.47 Å². The third kappa shape index (κ3) is 4.63. The van der Waals surface area contributed by atoms with Crippen LogP contribution in [-0.4, -0.2) is 32.3 Å². The van der Waals surface area contributed by atoms with Crippen LogP contribution in [0.1, 0.15) is 43.9 Å². The van der Waals surface area contributed by atoms with Crippen LogP contribution in [0, 0.1) is 5.41 Å². The molecule has 0 unspecified atom stereocenters. The fraction of sp³-hybridized carbons (Fsp3) is 0.364. The Morgan fingerprint density at radius 1 is 1.18 bits per heavy atom. The molecule has 0 saturated heterocycles. The average molecular weight is 382 g/mol. The van der Waals surface area contributed by atoms with Crippen molar-refractivity contribution in [2.45, 2.75) is 40.2 Å². The van der Waals surface area contributed by atoms with E-state index in [9.17, 15) is 19.8 Å². The molecule has 3 rings (SSSR count). The minimum atomic E-state index is -0.915. The molecule has 1 amide bonds. The normalized spacial score (nSPS) is 13.6. The molecule has 148 valence electrons. The van der Waals surface area contributed by atoms with Crippen LogP contribution in [0.4, 0.5) is 4.79 Å². The molecule has 0 atom stereocenters. The number of hydrogen-bond donors (Lipinski definition) is 2. The zero-order valence-electron chi connectivity index (χ0n) is 16.5. The first-order valence-corrected chi connectivity index (χ1v) is 9.35. The van der Waals surface area contributed by atoms with E-state index in [4.69, 9.17) is 0 Å². The zero-order chi connectivity index (χ0) is 20.5. The van der Waals surface area contributed by atoms with Gasteiger partial charge in [0.15, 0.2) is 0 Å². The number of fused-ring (bicyclic) bond motifs is 1. The summed E-state index contributed by atoms with van der Waals surface area (Å²) in [6.45, 7) is 6.88. The summed E-state index contributed by atoms with van der Waals surface area (Å²) in [4.78, 5) is 25.1. The number of carbonyl (C=O) groups is 1. The van der Waals surface area contributed by atoms with E-state index in [1.54, 1.807) is 10.8 Å². The van der Waals surface area contributed by atoms with Crippen LogP contribution in [0.5, 0.6) is 5.75 Å². The van der Waals surface area contributed by atoms with E-state index in [0.29, 0.717) is 19.5 Å². The minimum absolute atomic E-state index is 0.0408. The Morgan fingerprint density at radius 2 is 1.93 bits per heavy atom. The summed E-state index contributed by atoms with van der Waals surface area (Å²) in [5, 5.41) is 18.9. The lowest BCUT2D eigenvalue weighted by Gasteiger charge is -2.28. The summed E-state index contributed by atoms with van der Waals surface area (Å²) in [5.41, 5.74) is 3.65. The molecule has 0 spiro atoms. The van der Waals surface area contributed by atoms with Gasteiger partial charge >= 0.3 is 6.09 Å². The molecule has 0 radical (unpaired) electrons. The van der Waals surface area contributed by atoms with E-state index in [2.05, 4.69) is 6.07 Å². The summed E-state index contributed by atoms with van der Waals surface area (Å²) >= 11 is 0. The summed E-state index contributed by atoms with van der Waals surface area (Å²) in [6, 6.07) is 8.68. The smallest absolute Gasteiger partial charge is 0.407 e. The molecule has 6 heteroatoms. The topological polar surface area (TPSA) is 82.8 Å². The molecular formula is C22H26N2O4. The van der Waals surface area contributed by atoms with Gasteiger partial charge < -0.3 is 15.1 Å².